The molecule has 1 amide bonds. The predicted molar refractivity (Wildman–Crippen MR) is 88.8 cm³/mol. The highest BCUT2D eigenvalue weighted by Crippen LogP contribution is 2.18. The minimum absolute atomic E-state index is 0.122. The van der Waals surface area contributed by atoms with Crippen LogP contribution in [-0.4, -0.2) is 29.9 Å². The minimum atomic E-state index is 0.122. The van der Waals surface area contributed by atoms with Crippen LogP contribution >= 0.6 is 0 Å². The number of carbonyl (C=O) groups is 1. The number of aryl methyl sites for hydroxylation is 2. The van der Waals surface area contributed by atoms with E-state index in [2.05, 4.69) is 30.3 Å². The van der Waals surface area contributed by atoms with Crippen LogP contribution in [-0.2, 0) is 12.8 Å². The number of amides is 1. The average molecular weight is 294 g/mol. The molecule has 1 aliphatic heterocycles. The van der Waals surface area contributed by atoms with E-state index in [9.17, 15) is 4.79 Å². The highest BCUT2D eigenvalue weighted by Gasteiger charge is 2.25. The third-order valence-corrected chi connectivity index (χ3v) is 4.29. The van der Waals surface area contributed by atoms with Crippen molar-refractivity contribution in [1.29, 1.82) is 0 Å². The molecular weight excluding hydrogens is 272 g/mol. The molecule has 0 spiro atoms. The highest BCUT2D eigenvalue weighted by molar-refractivity contribution is 5.95. The van der Waals surface area contributed by atoms with Crippen molar-refractivity contribution in [2.24, 2.45) is 5.73 Å². The second-order valence-corrected chi connectivity index (χ2v) is 5.94. The van der Waals surface area contributed by atoms with E-state index in [0.717, 1.165) is 36.9 Å². The Balaban J connectivity index is 1.73. The number of carbonyl (C=O) groups excluding carboxylic acids is 1. The first-order valence-corrected chi connectivity index (χ1v) is 7.91. The number of likely N-dealkylation sites (tertiary alicyclic amines) is 1. The van der Waals surface area contributed by atoms with E-state index in [1.54, 1.807) is 0 Å². The number of benzene rings is 2. The van der Waals surface area contributed by atoms with Gasteiger partial charge in [0, 0.05) is 24.7 Å². The molecule has 2 aromatic carbocycles. The van der Waals surface area contributed by atoms with Crippen molar-refractivity contribution in [2.45, 2.75) is 25.3 Å². The van der Waals surface area contributed by atoms with Gasteiger partial charge in [0.05, 0.1) is 0 Å². The molecule has 0 aliphatic carbocycles. The monoisotopic (exact) mass is 294 g/mol. The minimum Gasteiger partial charge on any atom is -0.337 e. The summed E-state index contributed by atoms with van der Waals surface area (Å²) in [5.41, 5.74) is 9.17. The standard InChI is InChI=1S/C19H22N2O/c20-17-12-13-21(14-17)19(22)18-9-5-4-8-16(18)11-10-15-6-2-1-3-7-15/h1-9,17H,10-14,20H2. The lowest BCUT2D eigenvalue weighted by atomic mass is 9.99. The zero-order valence-electron chi connectivity index (χ0n) is 12.7. The van der Waals surface area contributed by atoms with Gasteiger partial charge in [0.25, 0.3) is 5.91 Å². The largest absolute Gasteiger partial charge is 0.337 e. The first-order valence-electron chi connectivity index (χ1n) is 7.91. The van der Waals surface area contributed by atoms with E-state index < -0.39 is 0 Å². The molecule has 2 N–H and O–H groups in total. The zero-order valence-corrected chi connectivity index (χ0v) is 12.7. The molecule has 3 nitrogen and oxygen atoms in total. The van der Waals surface area contributed by atoms with Gasteiger partial charge in [0.15, 0.2) is 0 Å². The molecule has 114 valence electrons. The van der Waals surface area contributed by atoms with E-state index in [0.29, 0.717) is 6.54 Å². The highest BCUT2D eigenvalue weighted by atomic mass is 16.2. The lowest BCUT2D eigenvalue weighted by Crippen LogP contribution is -2.32. The summed E-state index contributed by atoms with van der Waals surface area (Å²) in [5.74, 6) is 0.122. The summed E-state index contributed by atoms with van der Waals surface area (Å²) in [5, 5.41) is 0. The van der Waals surface area contributed by atoms with Gasteiger partial charge in [-0.05, 0) is 36.5 Å². The van der Waals surface area contributed by atoms with Gasteiger partial charge in [-0.15, -0.1) is 0 Å². The number of hydrogen-bond donors (Lipinski definition) is 1. The smallest absolute Gasteiger partial charge is 0.254 e. The van der Waals surface area contributed by atoms with Crippen LogP contribution in [0.2, 0.25) is 0 Å². The molecule has 0 saturated carbocycles. The maximum atomic E-state index is 12.7. The fourth-order valence-corrected chi connectivity index (χ4v) is 3.01. The molecule has 3 rings (SSSR count). The second-order valence-electron chi connectivity index (χ2n) is 5.94. The van der Waals surface area contributed by atoms with Crippen molar-refractivity contribution in [2.75, 3.05) is 13.1 Å². The Kier molecular flexibility index (Phi) is 4.54. The molecule has 22 heavy (non-hydrogen) atoms. The van der Waals surface area contributed by atoms with Crippen molar-refractivity contribution in [1.82, 2.24) is 4.90 Å². The maximum absolute atomic E-state index is 12.7. The van der Waals surface area contributed by atoms with E-state index in [1.165, 1.54) is 5.56 Å². The van der Waals surface area contributed by atoms with E-state index in [1.807, 2.05) is 29.2 Å². The third-order valence-electron chi connectivity index (χ3n) is 4.29. The average Bonchev–Trinajstić information content (AvgIpc) is 3.00. The first kappa shape index (κ1) is 14.8. The van der Waals surface area contributed by atoms with E-state index >= 15 is 0 Å². The molecule has 1 atom stereocenters. The number of nitrogens with zero attached hydrogens (tertiary/aromatic N) is 1. The van der Waals surface area contributed by atoms with Crippen LogP contribution < -0.4 is 5.73 Å². The molecule has 1 fully saturated rings. The third kappa shape index (κ3) is 3.37. The summed E-state index contributed by atoms with van der Waals surface area (Å²) in [4.78, 5) is 14.6. The predicted octanol–water partition coefficient (Wildman–Crippen LogP) is 2.65. The van der Waals surface area contributed by atoms with Crippen molar-refractivity contribution in [3.8, 4) is 0 Å². The molecule has 1 unspecified atom stereocenters. The normalized spacial score (nSPS) is 17.7. The Bertz CT molecular complexity index is 639. The second kappa shape index (κ2) is 6.75. The van der Waals surface area contributed by atoms with Crippen LogP contribution in [0, 0.1) is 0 Å². The lowest BCUT2D eigenvalue weighted by molar-refractivity contribution is 0.0790. The summed E-state index contributed by atoms with van der Waals surface area (Å²) >= 11 is 0. The Labute approximate surface area is 131 Å². The van der Waals surface area contributed by atoms with Crippen molar-refractivity contribution in [3.63, 3.8) is 0 Å². The summed E-state index contributed by atoms with van der Waals surface area (Å²) < 4.78 is 0. The summed E-state index contributed by atoms with van der Waals surface area (Å²) in [6.07, 6.45) is 2.73. The molecule has 0 aromatic heterocycles. The number of hydrogen-bond acceptors (Lipinski definition) is 2. The summed E-state index contributed by atoms with van der Waals surface area (Å²) in [6.45, 7) is 1.44. The summed E-state index contributed by atoms with van der Waals surface area (Å²) in [6, 6.07) is 18.5. The van der Waals surface area contributed by atoms with E-state index in [4.69, 9.17) is 5.73 Å². The fraction of sp³-hybridized carbons (Fsp3) is 0.316. The van der Waals surface area contributed by atoms with Gasteiger partial charge < -0.3 is 10.6 Å². The van der Waals surface area contributed by atoms with Gasteiger partial charge in [-0.1, -0.05) is 48.5 Å². The summed E-state index contributed by atoms with van der Waals surface area (Å²) in [7, 11) is 0. The van der Waals surface area contributed by atoms with Gasteiger partial charge in [-0.2, -0.15) is 0 Å². The van der Waals surface area contributed by atoms with Crippen LogP contribution in [0.4, 0.5) is 0 Å². The first-order chi connectivity index (χ1) is 10.7. The molecule has 1 heterocycles. The van der Waals surface area contributed by atoms with Crippen LogP contribution in [0.5, 0.6) is 0 Å². The quantitative estimate of drug-likeness (QED) is 0.942. The van der Waals surface area contributed by atoms with Gasteiger partial charge in [0.2, 0.25) is 0 Å². The van der Waals surface area contributed by atoms with Crippen molar-refractivity contribution in [3.05, 3.63) is 71.3 Å². The Morgan fingerprint density at radius 1 is 1.05 bits per heavy atom. The zero-order chi connectivity index (χ0) is 15.4. The molecule has 2 aromatic rings. The molecule has 3 heteroatoms. The Morgan fingerprint density at radius 2 is 1.77 bits per heavy atom. The van der Waals surface area contributed by atoms with Crippen LogP contribution in [0.15, 0.2) is 54.6 Å². The van der Waals surface area contributed by atoms with Crippen LogP contribution in [0.1, 0.15) is 27.9 Å². The van der Waals surface area contributed by atoms with Gasteiger partial charge >= 0.3 is 0 Å². The van der Waals surface area contributed by atoms with Gasteiger partial charge in [0.1, 0.15) is 0 Å². The van der Waals surface area contributed by atoms with Crippen LogP contribution in [0.3, 0.4) is 0 Å². The molecule has 1 aliphatic rings. The van der Waals surface area contributed by atoms with Crippen LogP contribution in [0.25, 0.3) is 0 Å². The molecular formula is C19H22N2O. The molecule has 1 saturated heterocycles. The molecule has 0 radical (unpaired) electrons. The van der Waals surface area contributed by atoms with Crippen molar-refractivity contribution < 1.29 is 4.79 Å². The Morgan fingerprint density at radius 3 is 2.50 bits per heavy atom. The number of rotatable bonds is 4. The van der Waals surface area contributed by atoms with Gasteiger partial charge in [-0.25, -0.2) is 0 Å². The topological polar surface area (TPSA) is 46.3 Å². The SMILES string of the molecule is NC1CCN(C(=O)c2ccccc2CCc2ccccc2)C1. The Hall–Kier alpha value is -2.13. The van der Waals surface area contributed by atoms with E-state index in [-0.39, 0.29) is 11.9 Å². The molecule has 0 bridgehead atoms. The van der Waals surface area contributed by atoms with Crippen molar-refractivity contribution >= 4 is 5.91 Å². The fourth-order valence-electron chi connectivity index (χ4n) is 3.01. The van der Waals surface area contributed by atoms with Gasteiger partial charge in [-0.3, -0.25) is 4.79 Å². The maximum Gasteiger partial charge on any atom is 0.254 e. The lowest BCUT2D eigenvalue weighted by Gasteiger charge is -2.18. The number of nitrogens with two attached hydrogens (primary N) is 1.